The molecule has 1 rings (SSSR count). The second-order valence-corrected chi connectivity index (χ2v) is 4.22. The fourth-order valence-corrected chi connectivity index (χ4v) is 1.57. The van der Waals surface area contributed by atoms with Crippen LogP contribution in [0.25, 0.3) is 0 Å². The number of hydrogen-bond donors (Lipinski definition) is 1. The number of nitrogens with one attached hydrogen (secondary N) is 1. The predicted molar refractivity (Wildman–Crippen MR) is 70.0 cm³/mol. The highest BCUT2D eigenvalue weighted by molar-refractivity contribution is 9.09. The number of carbonyl (C=O) groups is 1. The van der Waals surface area contributed by atoms with Crippen LogP contribution in [0.3, 0.4) is 0 Å². The standard InChI is InChI=1S/C12H14BrF2NO3/c13-5-7-18-8-6-16-11(17)9-3-1-2-4-10(9)19-12(14)15/h1-4,12H,5-8H2,(H,16,17). The van der Waals surface area contributed by atoms with E-state index in [2.05, 4.69) is 26.0 Å². The molecular formula is C12H14BrF2NO3. The number of amides is 1. The van der Waals surface area contributed by atoms with Crippen molar-refractivity contribution in [2.24, 2.45) is 0 Å². The van der Waals surface area contributed by atoms with Crippen LogP contribution in [0.15, 0.2) is 24.3 Å². The van der Waals surface area contributed by atoms with Crippen LogP contribution in [0.1, 0.15) is 10.4 Å². The lowest BCUT2D eigenvalue weighted by Crippen LogP contribution is -2.28. The van der Waals surface area contributed by atoms with Crippen LogP contribution < -0.4 is 10.1 Å². The molecule has 1 aromatic carbocycles. The minimum atomic E-state index is -2.96. The van der Waals surface area contributed by atoms with E-state index in [1.54, 1.807) is 6.07 Å². The molecule has 0 heterocycles. The first-order valence-electron chi connectivity index (χ1n) is 5.61. The minimum Gasteiger partial charge on any atom is -0.434 e. The van der Waals surface area contributed by atoms with Gasteiger partial charge >= 0.3 is 6.61 Å². The average Bonchev–Trinajstić information content (AvgIpc) is 2.38. The van der Waals surface area contributed by atoms with Gasteiger partial charge in [-0.1, -0.05) is 28.1 Å². The number of para-hydroxylation sites is 1. The van der Waals surface area contributed by atoms with Crippen molar-refractivity contribution >= 4 is 21.8 Å². The molecule has 0 saturated heterocycles. The van der Waals surface area contributed by atoms with E-state index in [4.69, 9.17) is 4.74 Å². The van der Waals surface area contributed by atoms with Gasteiger partial charge in [0.25, 0.3) is 5.91 Å². The third-order valence-corrected chi connectivity index (χ3v) is 2.42. The number of hydrogen-bond acceptors (Lipinski definition) is 3. The molecule has 0 aliphatic rings. The molecule has 0 saturated carbocycles. The molecule has 0 aromatic heterocycles. The van der Waals surface area contributed by atoms with Crippen molar-refractivity contribution in [1.29, 1.82) is 0 Å². The maximum absolute atomic E-state index is 12.2. The zero-order valence-corrected chi connectivity index (χ0v) is 11.7. The third-order valence-electron chi connectivity index (χ3n) is 2.10. The monoisotopic (exact) mass is 337 g/mol. The number of alkyl halides is 3. The molecule has 1 N–H and O–H groups in total. The molecule has 0 radical (unpaired) electrons. The number of benzene rings is 1. The largest absolute Gasteiger partial charge is 0.434 e. The summed E-state index contributed by atoms with van der Waals surface area (Å²) in [5.41, 5.74) is 0.0725. The van der Waals surface area contributed by atoms with E-state index < -0.39 is 12.5 Å². The van der Waals surface area contributed by atoms with Crippen LogP contribution in [0.4, 0.5) is 8.78 Å². The van der Waals surface area contributed by atoms with Crippen LogP contribution in [0.5, 0.6) is 5.75 Å². The molecule has 7 heteroatoms. The van der Waals surface area contributed by atoms with Gasteiger partial charge in [-0.3, -0.25) is 4.79 Å². The number of carbonyl (C=O) groups excluding carboxylic acids is 1. The Morgan fingerprint density at radius 1 is 1.32 bits per heavy atom. The molecule has 0 aliphatic carbocycles. The van der Waals surface area contributed by atoms with E-state index >= 15 is 0 Å². The summed E-state index contributed by atoms with van der Waals surface area (Å²) in [5.74, 6) is -0.616. The van der Waals surface area contributed by atoms with Gasteiger partial charge < -0.3 is 14.8 Å². The molecular weight excluding hydrogens is 324 g/mol. The Hall–Kier alpha value is -1.21. The summed E-state index contributed by atoms with van der Waals surface area (Å²) >= 11 is 3.20. The van der Waals surface area contributed by atoms with E-state index in [0.717, 1.165) is 0 Å². The molecule has 0 spiro atoms. The molecule has 1 aromatic rings. The third kappa shape index (κ3) is 5.98. The normalized spacial score (nSPS) is 10.5. The van der Waals surface area contributed by atoms with Gasteiger partial charge in [0.15, 0.2) is 0 Å². The van der Waals surface area contributed by atoms with Gasteiger partial charge in [-0.25, -0.2) is 0 Å². The van der Waals surface area contributed by atoms with Crippen molar-refractivity contribution in [3.8, 4) is 5.75 Å². The van der Waals surface area contributed by atoms with Gasteiger partial charge in [0.1, 0.15) is 5.75 Å². The zero-order valence-electron chi connectivity index (χ0n) is 10.1. The molecule has 0 aliphatic heterocycles. The Labute approximate surface area is 118 Å². The van der Waals surface area contributed by atoms with Gasteiger partial charge in [-0.2, -0.15) is 8.78 Å². The second-order valence-electron chi connectivity index (χ2n) is 3.43. The van der Waals surface area contributed by atoms with Crippen LogP contribution in [0, 0.1) is 0 Å². The van der Waals surface area contributed by atoms with Gasteiger partial charge in [0, 0.05) is 11.9 Å². The first-order chi connectivity index (χ1) is 9.15. The highest BCUT2D eigenvalue weighted by Crippen LogP contribution is 2.19. The summed E-state index contributed by atoms with van der Waals surface area (Å²) in [6.07, 6.45) is 0. The van der Waals surface area contributed by atoms with Crippen molar-refractivity contribution in [2.45, 2.75) is 6.61 Å². The minimum absolute atomic E-state index is 0.0725. The maximum Gasteiger partial charge on any atom is 0.387 e. The van der Waals surface area contributed by atoms with E-state index in [9.17, 15) is 13.6 Å². The quantitative estimate of drug-likeness (QED) is 0.585. The number of halogens is 3. The van der Waals surface area contributed by atoms with Gasteiger partial charge in [-0.15, -0.1) is 0 Å². The summed E-state index contributed by atoms with van der Waals surface area (Å²) in [6, 6.07) is 5.84. The van der Waals surface area contributed by atoms with Gasteiger partial charge in [-0.05, 0) is 12.1 Å². The fourth-order valence-electron chi connectivity index (χ4n) is 1.34. The smallest absolute Gasteiger partial charge is 0.387 e. The lowest BCUT2D eigenvalue weighted by atomic mass is 10.2. The summed E-state index contributed by atoms with van der Waals surface area (Å²) < 4.78 is 33.8. The Kier molecular flexibility index (Phi) is 7.35. The van der Waals surface area contributed by atoms with E-state index in [0.29, 0.717) is 25.1 Å². The number of ether oxygens (including phenoxy) is 2. The Morgan fingerprint density at radius 3 is 2.74 bits per heavy atom. The molecule has 0 unspecified atom stereocenters. The molecule has 19 heavy (non-hydrogen) atoms. The molecule has 106 valence electrons. The molecule has 1 amide bonds. The van der Waals surface area contributed by atoms with Crippen molar-refractivity contribution in [3.05, 3.63) is 29.8 Å². The van der Waals surface area contributed by atoms with Crippen LogP contribution in [-0.4, -0.2) is 37.6 Å². The highest BCUT2D eigenvalue weighted by Gasteiger charge is 2.14. The highest BCUT2D eigenvalue weighted by atomic mass is 79.9. The van der Waals surface area contributed by atoms with Gasteiger partial charge in [0.05, 0.1) is 18.8 Å². The van der Waals surface area contributed by atoms with Crippen molar-refractivity contribution in [2.75, 3.05) is 25.1 Å². The summed E-state index contributed by atoms with van der Waals surface area (Å²) in [4.78, 5) is 11.8. The summed E-state index contributed by atoms with van der Waals surface area (Å²) in [7, 11) is 0. The predicted octanol–water partition coefficient (Wildman–Crippen LogP) is 2.43. The SMILES string of the molecule is O=C(NCCOCCBr)c1ccccc1OC(F)F. The summed E-state index contributed by atoms with van der Waals surface area (Å²) in [5, 5.41) is 3.28. The Bertz CT molecular complexity index is 404. The first kappa shape index (κ1) is 15.8. The Balaban J connectivity index is 2.51. The Morgan fingerprint density at radius 2 is 2.05 bits per heavy atom. The lowest BCUT2D eigenvalue weighted by Gasteiger charge is -2.10. The first-order valence-corrected chi connectivity index (χ1v) is 6.73. The average molecular weight is 338 g/mol. The molecule has 0 atom stereocenters. The van der Waals surface area contributed by atoms with Crippen molar-refractivity contribution in [1.82, 2.24) is 5.32 Å². The number of rotatable bonds is 8. The van der Waals surface area contributed by atoms with E-state index in [-0.39, 0.29) is 11.3 Å². The fraction of sp³-hybridized carbons (Fsp3) is 0.417. The summed E-state index contributed by atoms with van der Waals surface area (Å²) in [6.45, 7) is -1.76. The molecule has 0 fully saturated rings. The van der Waals surface area contributed by atoms with Gasteiger partial charge in [0.2, 0.25) is 0 Å². The zero-order chi connectivity index (χ0) is 14.1. The van der Waals surface area contributed by atoms with Crippen LogP contribution >= 0.6 is 15.9 Å². The van der Waals surface area contributed by atoms with Crippen LogP contribution in [0.2, 0.25) is 0 Å². The maximum atomic E-state index is 12.2. The second kappa shape index (κ2) is 8.82. The topological polar surface area (TPSA) is 47.6 Å². The van der Waals surface area contributed by atoms with E-state index in [1.165, 1.54) is 18.2 Å². The van der Waals surface area contributed by atoms with Crippen LogP contribution in [-0.2, 0) is 4.74 Å². The van der Waals surface area contributed by atoms with Crippen molar-refractivity contribution in [3.63, 3.8) is 0 Å². The van der Waals surface area contributed by atoms with E-state index in [1.807, 2.05) is 0 Å². The lowest BCUT2D eigenvalue weighted by molar-refractivity contribution is -0.0501. The molecule has 4 nitrogen and oxygen atoms in total. The molecule has 0 bridgehead atoms. The van der Waals surface area contributed by atoms with Crippen molar-refractivity contribution < 1.29 is 23.0 Å².